The molecular formula is C14H21ClN2O2. The van der Waals surface area contributed by atoms with Crippen molar-refractivity contribution in [2.75, 3.05) is 13.2 Å². The molecule has 0 unspecified atom stereocenters. The number of rotatable bonds is 6. The highest BCUT2D eigenvalue weighted by molar-refractivity contribution is 6.29. The highest BCUT2D eigenvalue weighted by Crippen LogP contribution is 2.24. The summed E-state index contributed by atoms with van der Waals surface area (Å²) in [5.41, 5.74) is 0. The minimum atomic E-state index is 0.372. The molecule has 0 bridgehead atoms. The van der Waals surface area contributed by atoms with Gasteiger partial charge in [-0.2, -0.15) is 4.98 Å². The largest absolute Gasteiger partial charge is 0.477 e. The first-order valence-corrected chi connectivity index (χ1v) is 7.39. The van der Waals surface area contributed by atoms with E-state index in [9.17, 15) is 0 Å². The second-order valence-electron chi connectivity index (χ2n) is 4.90. The van der Waals surface area contributed by atoms with Gasteiger partial charge in [-0.1, -0.05) is 30.9 Å². The van der Waals surface area contributed by atoms with E-state index in [1.165, 1.54) is 32.1 Å². The minimum absolute atomic E-state index is 0.372. The van der Waals surface area contributed by atoms with Crippen molar-refractivity contribution in [1.82, 2.24) is 9.97 Å². The van der Waals surface area contributed by atoms with Gasteiger partial charge in [0.25, 0.3) is 0 Å². The predicted octanol–water partition coefficient (Wildman–Crippen LogP) is 3.63. The quantitative estimate of drug-likeness (QED) is 0.748. The Morgan fingerprint density at radius 1 is 1.26 bits per heavy atom. The van der Waals surface area contributed by atoms with Crippen molar-refractivity contribution in [3.8, 4) is 5.88 Å². The van der Waals surface area contributed by atoms with Gasteiger partial charge < -0.3 is 9.47 Å². The van der Waals surface area contributed by atoms with Gasteiger partial charge in [0, 0.05) is 12.7 Å². The third kappa shape index (κ3) is 4.96. The third-order valence-corrected chi connectivity index (χ3v) is 3.54. The number of hydrogen-bond donors (Lipinski definition) is 0. The standard InChI is InChI=1S/C14H21ClN2O2/c1-2-18-10-13-16-12(15)8-14(17-13)19-9-11-6-4-3-5-7-11/h8,11H,2-7,9-10H2,1H3. The van der Waals surface area contributed by atoms with Crippen LogP contribution in [0.3, 0.4) is 0 Å². The molecule has 0 radical (unpaired) electrons. The maximum atomic E-state index is 5.96. The molecule has 1 fully saturated rings. The van der Waals surface area contributed by atoms with Gasteiger partial charge in [0.1, 0.15) is 11.8 Å². The summed E-state index contributed by atoms with van der Waals surface area (Å²) in [5.74, 6) is 1.78. The zero-order valence-corrected chi connectivity index (χ0v) is 12.2. The van der Waals surface area contributed by atoms with Gasteiger partial charge in [0.15, 0.2) is 5.82 Å². The summed E-state index contributed by atoms with van der Waals surface area (Å²) in [6.07, 6.45) is 6.49. The van der Waals surface area contributed by atoms with Crippen molar-refractivity contribution < 1.29 is 9.47 Å². The Hall–Kier alpha value is -0.870. The summed E-state index contributed by atoms with van der Waals surface area (Å²) >= 11 is 5.96. The molecule has 0 amide bonds. The van der Waals surface area contributed by atoms with Crippen LogP contribution in [0.15, 0.2) is 6.07 Å². The maximum Gasteiger partial charge on any atom is 0.218 e. The number of halogens is 1. The van der Waals surface area contributed by atoms with Crippen LogP contribution in [0.2, 0.25) is 5.15 Å². The van der Waals surface area contributed by atoms with E-state index in [0.717, 1.165) is 6.61 Å². The fourth-order valence-electron chi connectivity index (χ4n) is 2.33. The van der Waals surface area contributed by atoms with Gasteiger partial charge in [0.2, 0.25) is 5.88 Å². The van der Waals surface area contributed by atoms with Crippen LogP contribution in [0.5, 0.6) is 5.88 Å². The van der Waals surface area contributed by atoms with Crippen LogP contribution in [0, 0.1) is 5.92 Å². The molecule has 5 heteroatoms. The van der Waals surface area contributed by atoms with Gasteiger partial charge in [-0.15, -0.1) is 0 Å². The monoisotopic (exact) mass is 284 g/mol. The first-order valence-electron chi connectivity index (χ1n) is 7.02. The van der Waals surface area contributed by atoms with Crippen LogP contribution >= 0.6 is 11.6 Å². The van der Waals surface area contributed by atoms with Gasteiger partial charge in [-0.25, -0.2) is 4.98 Å². The Labute approximate surface area is 119 Å². The zero-order valence-electron chi connectivity index (χ0n) is 11.4. The molecule has 1 heterocycles. The topological polar surface area (TPSA) is 44.2 Å². The highest BCUT2D eigenvalue weighted by atomic mass is 35.5. The smallest absolute Gasteiger partial charge is 0.218 e. The summed E-state index contributed by atoms with van der Waals surface area (Å²) in [6, 6.07) is 1.67. The van der Waals surface area contributed by atoms with Crippen molar-refractivity contribution >= 4 is 11.6 Å². The summed E-state index contributed by atoms with van der Waals surface area (Å²) < 4.78 is 11.0. The second kappa shape index (κ2) is 7.65. The average molecular weight is 285 g/mol. The van der Waals surface area contributed by atoms with Crippen molar-refractivity contribution in [1.29, 1.82) is 0 Å². The van der Waals surface area contributed by atoms with Crippen molar-refractivity contribution in [3.63, 3.8) is 0 Å². The zero-order chi connectivity index (χ0) is 13.5. The first kappa shape index (κ1) is 14.5. The molecule has 2 rings (SSSR count). The summed E-state index contributed by atoms with van der Waals surface area (Å²) in [4.78, 5) is 8.43. The van der Waals surface area contributed by atoms with Crippen LogP contribution in [-0.4, -0.2) is 23.2 Å². The van der Waals surface area contributed by atoms with Crippen LogP contribution in [-0.2, 0) is 11.3 Å². The van der Waals surface area contributed by atoms with E-state index in [-0.39, 0.29) is 0 Å². The molecule has 19 heavy (non-hydrogen) atoms. The molecule has 1 saturated carbocycles. The van der Waals surface area contributed by atoms with Gasteiger partial charge in [-0.3, -0.25) is 0 Å². The number of ether oxygens (including phenoxy) is 2. The minimum Gasteiger partial charge on any atom is -0.477 e. The molecule has 0 N–H and O–H groups in total. The summed E-state index contributed by atoms with van der Waals surface area (Å²) in [7, 11) is 0. The van der Waals surface area contributed by atoms with Crippen LogP contribution in [0.25, 0.3) is 0 Å². The average Bonchev–Trinajstić information content (AvgIpc) is 2.43. The van der Waals surface area contributed by atoms with E-state index in [1.807, 2.05) is 6.92 Å². The Morgan fingerprint density at radius 3 is 2.79 bits per heavy atom. The van der Waals surface area contributed by atoms with E-state index in [2.05, 4.69) is 9.97 Å². The lowest BCUT2D eigenvalue weighted by Crippen LogP contribution is -2.16. The molecule has 1 aliphatic carbocycles. The molecular weight excluding hydrogens is 264 g/mol. The first-order chi connectivity index (χ1) is 9.28. The maximum absolute atomic E-state index is 5.96. The molecule has 0 saturated heterocycles. The normalized spacial score (nSPS) is 16.5. The van der Waals surface area contributed by atoms with Gasteiger partial charge >= 0.3 is 0 Å². The Bertz CT molecular complexity index is 395. The Morgan fingerprint density at radius 2 is 2.05 bits per heavy atom. The van der Waals surface area contributed by atoms with E-state index in [0.29, 0.717) is 36.0 Å². The molecule has 1 aromatic rings. The van der Waals surface area contributed by atoms with Crippen LogP contribution in [0.4, 0.5) is 0 Å². The molecule has 1 aliphatic rings. The predicted molar refractivity (Wildman–Crippen MR) is 74.4 cm³/mol. The van der Waals surface area contributed by atoms with E-state index >= 15 is 0 Å². The molecule has 0 atom stereocenters. The summed E-state index contributed by atoms with van der Waals surface area (Å²) in [6.45, 7) is 3.66. The molecule has 1 aromatic heterocycles. The van der Waals surface area contributed by atoms with E-state index in [1.54, 1.807) is 6.07 Å². The van der Waals surface area contributed by atoms with Gasteiger partial charge in [-0.05, 0) is 25.7 Å². The fraction of sp³-hybridized carbons (Fsp3) is 0.714. The van der Waals surface area contributed by atoms with Crippen LogP contribution < -0.4 is 4.74 Å². The number of hydrogen-bond acceptors (Lipinski definition) is 4. The fourth-order valence-corrected chi connectivity index (χ4v) is 2.52. The second-order valence-corrected chi connectivity index (χ2v) is 5.28. The van der Waals surface area contributed by atoms with Crippen molar-refractivity contribution in [3.05, 3.63) is 17.0 Å². The lowest BCUT2D eigenvalue weighted by atomic mass is 9.90. The highest BCUT2D eigenvalue weighted by Gasteiger charge is 2.14. The molecule has 106 valence electrons. The lowest BCUT2D eigenvalue weighted by Gasteiger charge is -2.21. The van der Waals surface area contributed by atoms with E-state index < -0.39 is 0 Å². The molecule has 0 aromatic carbocycles. The van der Waals surface area contributed by atoms with Gasteiger partial charge in [0.05, 0.1) is 6.61 Å². The molecule has 0 spiro atoms. The molecule has 4 nitrogen and oxygen atoms in total. The Kier molecular flexibility index (Phi) is 5.86. The Balaban J connectivity index is 1.89. The van der Waals surface area contributed by atoms with Crippen LogP contribution in [0.1, 0.15) is 44.9 Å². The van der Waals surface area contributed by atoms with E-state index in [4.69, 9.17) is 21.1 Å². The number of aromatic nitrogens is 2. The molecule has 0 aliphatic heterocycles. The summed E-state index contributed by atoms with van der Waals surface area (Å²) in [5, 5.41) is 0.406. The lowest BCUT2D eigenvalue weighted by molar-refractivity contribution is 0.127. The third-order valence-electron chi connectivity index (χ3n) is 3.34. The number of nitrogens with zero attached hydrogens (tertiary/aromatic N) is 2. The van der Waals surface area contributed by atoms with Crippen molar-refractivity contribution in [2.45, 2.75) is 45.6 Å². The SMILES string of the molecule is CCOCc1nc(Cl)cc(OCC2CCCCC2)n1. The van der Waals surface area contributed by atoms with Crippen molar-refractivity contribution in [2.24, 2.45) is 5.92 Å².